The number of hydrogen-bond donors (Lipinski definition) is 0. The van der Waals surface area contributed by atoms with Gasteiger partial charge in [-0.1, -0.05) is 158 Å². The lowest BCUT2D eigenvalue weighted by atomic mass is 10.1. The maximum Gasteiger partial charge on any atom is 0.0641 e. The topological polar surface area (TPSA) is 55.4 Å². The Balaban J connectivity index is 0.000000130. The van der Waals surface area contributed by atoms with Gasteiger partial charge in [0.25, 0.3) is 0 Å². The molecule has 420 valence electrons. The Morgan fingerprint density at radius 3 is 0.800 bits per heavy atom. The molecule has 8 aromatic heterocycles. The molecule has 0 amide bonds. The summed E-state index contributed by atoms with van der Waals surface area (Å²) in [7, 11) is 0. The van der Waals surface area contributed by atoms with Gasteiger partial charge in [-0.3, -0.25) is 9.97 Å². The van der Waals surface area contributed by atoms with Crippen molar-refractivity contribution in [3.8, 4) is 34.1 Å². The molecule has 20 aromatic rings. The minimum Gasteiger partial charge on any atom is -0.309 e. The van der Waals surface area contributed by atoms with Crippen molar-refractivity contribution in [1.29, 1.82) is 0 Å². The van der Waals surface area contributed by atoms with Crippen LogP contribution in [0, 0.1) is 0 Å². The average Bonchev–Trinajstić information content (AvgIpc) is 1.86. The summed E-state index contributed by atoms with van der Waals surface area (Å²) >= 11 is 0. The summed E-state index contributed by atoms with van der Waals surface area (Å²) in [6.07, 6.45) is 7.69. The van der Waals surface area contributed by atoms with E-state index in [-0.39, 0.29) is 0 Å². The first-order valence-electron chi connectivity index (χ1n) is 30.6. The molecular weight excluding hydrogens is 1100 g/mol. The lowest BCUT2D eigenvalue weighted by molar-refractivity contribution is 1.14. The number of aromatic nitrogens is 8. The van der Waals surface area contributed by atoms with Gasteiger partial charge in [0, 0.05) is 124 Å². The zero-order valence-electron chi connectivity index (χ0n) is 48.6. The van der Waals surface area contributed by atoms with Gasteiger partial charge in [-0.2, -0.15) is 0 Å². The Bertz CT molecular complexity index is 6150. The Morgan fingerprint density at radius 2 is 0.422 bits per heavy atom. The zero-order valence-corrected chi connectivity index (χ0v) is 48.6. The van der Waals surface area contributed by atoms with Crippen molar-refractivity contribution in [2.45, 2.75) is 0 Å². The van der Waals surface area contributed by atoms with Crippen molar-refractivity contribution in [3.63, 3.8) is 0 Å². The average molecular weight is 1150 g/mol. The van der Waals surface area contributed by atoms with E-state index in [0.717, 1.165) is 50.2 Å². The summed E-state index contributed by atoms with van der Waals surface area (Å²) in [6, 6.07) is 105. The molecule has 0 saturated heterocycles. The number of pyridine rings is 2. The van der Waals surface area contributed by atoms with Crippen LogP contribution in [0.3, 0.4) is 0 Å². The summed E-state index contributed by atoms with van der Waals surface area (Å²) in [6.45, 7) is 0. The lowest BCUT2D eigenvalue weighted by Gasteiger charge is -2.12. The van der Waals surface area contributed by atoms with Crippen molar-refractivity contribution in [2.75, 3.05) is 0 Å². The standard InChI is InChI=1S/2C41H26N4/c1-2-10-27(11-3-1)45-36-16-8-4-12-30(36)32-22-23-39-40(41(32)45)33-14-6-9-17-37(33)44(39)29-20-18-28(19-21-29)43-35-15-7-5-13-31(35)34-26-42-25-24-38(34)43;1-2-10-27(11-3-1)44-37-17-9-6-14-33(37)40-39(44)23-22-32-30-12-4-8-16-36(30)45(41(32)40)29-20-18-28(19-21-29)43-35-15-7-5-13-31(35)34-26-42-25-24-38(34)43/h2*1-26H. The van der Waals surface area contributed by atoms with Crippen LogP contribution < -0.4 is 0 Å². The maximum atomic E-state index is 4.42. The molecule has 0 N–H and O–H groups in total. The summed E-state index contributed by atoms with van der Waals surface area (Å²) in [5, 5.41) is 14.8. The van der Waals surface area contributed by atoms with Gasteiger partial charge < -0.3 is 27.4 Å². The summed E-state index contributed by atoms with van der Waals surface area (Å²) < 4.78 is 14.4. The molecule has 0 radical (unpaired) electrons. The normalized spacial score (nSPS) is 12.0. The first-order chi connectivity index (χ1) is 44.7. The van der Waals surface area contributed by atoms with Crippen LogP contribution >= 0.6 is 0 Å². The second-order valence-corrected chi connectivity index (χ2v) is 23.3. The number of nitrogens with zero attached hydrogens (tertiary/aromatic N) is 8. The molecule has 0 atom stereocenters. The van der Waals surface area contributed by atoms with E-state index in [1.54, 1.807) is 0 Å². The Hall–Kier alpha value is -12.3. The Labute approximate surface area is 515 Å². The largest absolute Gasteiger partial charge is 0.309 e. The predicted octanol–water partition coefficient (Wildman–Crippen LogP) is 20.7. The smallest absolute Gasteiger partial charge is 0.0641 e. The first kappa shape index (κ1) is 49.9. The van der Waals surface area contributed by atoms with E-state index in [1.165, 1.54) is 115 Å². The highest BCUT2D eigenvalue weighted by atomic mass is 15.0. The molecular formula is C82H52N8. The quantitative estimate of drug-likeness (QED) is 0.167. The first-order valence-corrected chi connectivity index (χ1v) is 30.6. The fraction of sp³-hybridized carbons (Fsp3) is 0. The van der Waals surface area contributed by atoms with Gasteiger partial charge in [0.2, 0.25) is 0 Å². The van der Waals surface area contributed by atoms with E-state index in [2.05, 4.69) is 329 Å². The summed E-state index contributed by atoms with van der Waals surface area (Å²) in [5.74, 6) is 0. The third-order valence-corrected chi connectivity index (χ3v) is 18.6. The van der Waals surface area contributed by atoms with Crippen LogP contribution in [0.4, 0.5) is 0 Å². The van der Waals surface area contributed by atoms with E-state index in [1.807, 2.05) is 24.8 Å². The van der Waals surface area contributed by atoms with Crippen LogP contribution in [0.15, 0.2) is 316 Å². The van der Waals surface area contributed by atoms with Crippen molar-refractivity contribution in [3.05, 3.63) is 316 Å². The zero-order chi connectivity index (χ0) is 59.0. The van der Waals surface area contributed by atoms with Gasteiger partial charge >= 0.3 is 0 Å². The maximum absolute atomic E-state index is 4.42. The Morgan fingerprint density at radius 1 is 0.167 bits per heavy atom. The van der Waals surface area contributed by atoms with Gasteiger partial charge in [0.05, 0.1) is 66.2 Å². The number of rotatable bonds is 6. The van der Waals surface area contributed by atoms with Crippen molar-refractivity contribution in [1.82, 2.24) is 37.4 Å². The molecule has 0 spiro atoms. The van der Waals surface area contributed by atoms with Crippen LogP contribution in [-0.2, 0) is 0 Å². The van der Waals surface area contributed by atoms with Crippen molar-refractivity contribution < 1.29 is 0 Å². The van der Waals surface area contributed by atoms with E-state index in [0.29, 0.717) is 0 Å². The number of para-hydroxylation sites is 8. The predicted molar refractivity (Wildman–Crippen MR) is 375 cm³/mol. The molecule has 90 heavy (non-hydrogen) atoms. The molecule has 0 saturated carbocycles. The van der Waals surface area contributed by atoms with Gasteiger partial charge in [-0.05, 0) is 133 Å². The lowest BCUT2D eigenvalue weighted by Crippen LogP contribution is -1.97. The molecule has 0 aliphatic rings. The van der Waals surface area contributed by atoms with Crippen LogP contribution in [-0.4, -0.2) is 37.4 Å². The molecule has 20 rings (SSSR count). The minimum atomic E-state index is 1.13. The molecule has 0 fully saturated rings. The van der Waals surface area contributed by atoms with Crippen LogP contribution in [0.1, 0.15) is 0 Å². The number of hydrogen-bond acceptors (Lipinski definition) is 2. The fourth-order valence-corrected chi connectivity index (χ4v) is 15.0. The highest BCUT2D eigenvalue weighted by Crippen LogP contribution is 2.45. The third-order valence-electron chi connectivity index (χ3n) is 18.6. The summed E-state index contributed by atoms with van der Waals surface area (Å²) in [5.41, 5.74) is 21.2. The van der Waals surface area contributed by atoms with Crippen LogP contribution in [0.25, 0.3) is 165 Å². The molecule has 8 nitrogen and oxygen atoms in total. The van der Waals surface area contributed by atoms with Crippen molar-refractivity contribution in [2.24, 2.45) is 0 Å². The van der Waals surface area contributed by atoms with Crippen LogP contribution in [0.2, 0.25) is 0 Å². The SMILES string of the molecule is c1ccc(-n2c3ccccc3c3c2ccc2c4ccccc4n(-c4ccc(-n5c6ccccc6c6cnccc65)cc4)c23)cc1.c1ccc(-n2c3ccccc3c3ccc4c(c5ccccc5n4-c4ccc(-n5c6ccccc6c6cnccc65)cc4)c32)cc1. The van der Waals surface area contributed by atoms with E-state index >= 15 is 0 Å². The highest BCUT2D eigenvalue weighted by molar-refractivity contribution is 6.28. The van der Waals surface area contributed by atoms with Crippen molar-refractivity contribution >= 4 is 131 Å². The molecule has 0 unspecified atom stereocenters. The highest BCUT2D eigenvalue weighted by Gasteiger charge is 2.24. The monoisotopic (exact) mass is 1150 g/mol. The van der Waals surface area contributed by atoms with E-state index < -0.39 is 0 Å². The second-order valence-electron chi connectivity index (χ2n) is 23.3. The van der Waals surface area contributed by atoms with E-state index in [9.17, 15) is 0 Å². The number of fused-ring (bicyclic) bond motifs is 20. The minimum absolute atomic E-state index is 1.13. The Kier molecular flexibility index (Phi) is 10.9. The van der Waals surface area contributed by atoms with Gasteiger partial charge in [0.1, 0.15) is 0 Å². The molecule has 12 aromatic carbocycles. The van der Waals surface area contributed by atoms with Gasteiger partial charge in [-0.15, -0.1) is 0 Å². The molecule has 0 bridgehead atoms. The van der Waals surface area contributed by atoms with Crippen LogP contribution in [0.5, 0.6) is 0 Å². The molecule has 0 aliphatic heterocycles. The van der Waals surface area contributed by atoms with Gasteiger partial charge in [-0.25, -0.2) is 0 Å². The number of benzene rings is 12. The van der Waals surface area contributed by atoms with E-state index in [4.69, 9.17) is 0 Å². The fourth-order valence-electron chi connectivity index (χ4n) is 15.0. The molecule has 8 heterocycles. The third kappa shape index (κ3) is 7.24. The second kappa shape index (κ2) is 19.6. The molecule has 8 heteroatoms. The molecule has 0 aliphatic carbocycles. The summed E-state index contributed by atoms with van der Waals surface area (Å²) in [4.78, 5) is 8.84. The van der Waals surface area contributed by atoms with Gasteiger partial charge in [0.15, 0.2) is 0 Å².